The zero-order valence-electron chi connectivity index (χ0n) is 19.5. The lowest BCUT2D eigenvalue weighted by Crippen LogP contribution is -2.30. The molecule has 2 aromatic carbocycles. The van der Waals surface area contributed by atoms with E-state index in [1.807, 2.05) is 25.1 Å². The number of sulfone groups is 1. The molecular formula is C26H28N2O4S2. The third-order valence-electron chi connectivity index (χ3n) is 5.67. The van der Waals surface area contributed by atoms with Gasteiger partial charge in [-0.25, -0.2) is 13.4 Å². The number of thiazole rings is 1. The van der Waals surface area contributed by atoms with Crippen LogP contribution < -0.4 is 4.90 Å². The van der Waals surface area contributed by atoms with Gasteiger partial charge in [-0.15, -0.1) is 0 Å². The van der Waals surface area contributed by atoms with Gasteiger partial charge in [-0.2, -0.15) is 0 Å². The topological polar surface area (TPSA) is 80.5 Å². The zero-order chi connectivity index (χ0) is 24.3. The first-order valence-corrected chi connectivity index (χ1v) is 13.7. The highest BCUT2D eigenvalue weighted by atomic mass is 32.2. The van der Waals surface area contributed by atoms with E-state index in [0.717, 1.165) is 21.3 Å². The van der Waals surface area contributed by atoms with Crippen molar-refractivity contribution in [2.45, 2.75) is 51.0 Å². The largest absolute Gasteiger partial charge is 0.467 e. The summed E-state index contributed by atoms with van der Waals surface area (Å²) in [7, 11) is -3.45. The Balaban J connectivity index is 1.54. The van der Waals surface area contributed by atoms with Crippen LogP contribution in [0.15, 0.2) is 70.2 Å². The van der Waals surface area contributed by atoms with Crippen molar-refractivity contribution >= 4 is 42.4 Å². The van der Waals surface area contributed by atoms with E-state index >= 15 is 0 Å². The van der Waals surface area contributed by atoms with E-state index in [1.165, 1.54) is 11.3 Å². The second kappa shape index (κ2) is 10.1. The normalized spacial score (nSPS) is 11.9. The number of nitrogens with zero attached hydrogens (tertiary/aromatic N) is 2. The van der Waals surface area contributed by atoms with Crippen LogP contribution in [-0.2, 0) is 21.2 Å². The first-order valence-electron chi connectivity index (χ1n) is 11.3. The lowest BCUT2D eigenvalue weighted by Gasteiger charge is -2.18. The molecule has 0 spiro atoms. The van der Waals surface area contributed by atoms with E-state index < -0.39 is 9.84 Å². The summed E-state index contributed by atoms with van der Waals surface area (Å²) in [5.74, 6) is 0.678. The summed E-state index contributed by atoms with van der Waals surface area (Å²) in [6.07, 6.45) is 1.89. The average Bonchev–Trinajstić information content (AvgIpc) is 3.46. The molecule has 2 heterocycles. The average molecular weight is 497 g/mol. The maximum Gasteiger partial charge on any atom is 0.229 e. The molecule has 0 unspecified atom stereocenters. The molecule has 0 radical (unpaired) electrons. The Kier molecular flexibility index (Phi) is 7.19. The SMILES string of the molecule is Cc1ccc(S(=O)(=O)CCCC(=O)N(Cc2ccco2)c2nc3c(C(C)C)cccc3s2)cc1. The summed E-state index contributed by atoms with van der Waals surface area (Å²) in [4.78, 5) is 20.0. The minimum Gasteiger partial charge on any atom is -0.467 e. The molecule has 4 aromatic rings. The number of aromatic nitrogens is 1. The Hall–Kier alpha value is -2.97. The van der Waals surface area contributed by atoms with Gasteiger partial charge in [0.25, 0.3) is 0 Å². The van der Waals surface area contributed by atoms with Crippen molar-refractivity contribution in [3.05, 3.63) is 77.7 Å². The molecule has 0 atom stereocenters. The molecule has 6 nitrogen and oxygen atoms in total. The van der Waals surface area contributed by atoms with Gasteiger partial charge in [-0.3, -0.25) is 9.69 Å². The van der Waals surface area contributed by atoms with Gasteiger partial charge in [0, 0.05) is 6.42 Å². The number of furan rings is 1. The van der Waals surface area contributed by atoms with E-state index in [4.69, 9.17) is 9.40 Å². The van der Waals surface area contributed by atoms with Gasteiger partial charge in [0.05, 0.1) is 33.7 Å². The number of anilines is 1. The van der Waals surface area contributed by atoms with Crippen molar-refractivity contribution in [3.63, 3.8) is 0 Å². The number of hydrogen-bond donors (Lipinski definition) is 0. The van der Waals surface area contributed by atoms with Crippen molar-refractivity contribution in [2.24, 2.45) is 0 Å². The number of rotatable bonds is 9. The molecule has 34 heavy (non-hydrogen) atoms. The molecule has 0 aliphatic carbocycles. The maximum atomic E-state index is 13.3. The summed E-state index contributed by atoms with van der Waals surface area (Å²) < 4.78 is 31.9. The molecule has 2 aromatic heterocycles. The second-order valence-electron chi connectivity index (χ2n) is 8.64. The summed E-state index contributed by atoms with van der Waals surface area (Å²) in [6, 6.07) is 16.5. The van der Waals surface area contributed by atoms with Crippen LogP contribution in [0.5, 0.6) is 0 Å². The fourth-order valence-electron chi connectivity index (χ4n) is 3.77. The molecule has 0 N–H and O–H groups in total. The first kappa shape index (κ1) is 24.2. The number of carbonyl (C=O) groups excluding carboxylic acids is 1. The highest BCUT2D eigenvalue weighted by Crippen LogP contribution is 2.34. The summed E-state index contributed by atoms with van der Waals surface area (Å²) in [5.41, 5.74) is 3.03. The van der Waals surface area contributed by atoms with Crippen LogP contribution in [-0.4, -0.2) is 25.1 Å². The number of carbonyl (C=O) groups is 1. The Morgan fingerprint density at radius 2 is 1.85 bits per heavy atom. The molecule has 4 rings (SSSR count). The van der Waals surface area contributed by atoms with Crippen LogP contribution in [0.25, 0.3) is 10.2 Å². The molecule has 178 valence electrons. The molecule has 0 fully saturated rings. The molecule has 0 saturated heterocycles. The summed E-state index contributed by atoms with van der Waals surface area (Å²) >= 11 is 1.46. The fraction of sp³-hybridized carbons (Fsp3) is 0.308. The van der Waals surface area contributed by atoms with Gasteiger partial charge in [-0.1, -0.05) is 55.0 Å². The molecule has 1 amide bonds. The standard InChI is InChI=1S/C26H28N2O4S2/c1-18(2)22-8-4-9-23-25(22)27-26(33-23)28(17-20-7-5-15-32-20)24(29)10-6-16-34(30,31)21-13-11-19(3)12-14-21/h4-5,7-9,11-15,18H,6,10,16-17H2,1-3H3. The Bertz CT molecular complexity index is 1370. The van der Waals surface area contributed by atoms with Crippen LogP contribution in [0.4, 0.5) is 5.13 Å². The summed E-state index contributed by atoms with van der Waals surface area (Å²) in [6.45, 7) is 6.39. The van der Waals surface area contributed by atoms with E-state index in [9.17, 15) is 13.2 Å². The quantitative estimate of drug-likeness (QED) is 0.279. The van der Waals surface area contributed by atoms with E-state index in [1.54, 1.807) is 41.5 Å². The van der Waals surface area contributed by atoms with E-state index in [0.29, 0.717) is 16.8 Å². The highest BCUT2D eigenvalue weighted by molar-refractivity contribution is 7.91. The van der Waals surface area contributed by atoms with Crippen molar-refractivity contribution < 1.29 is 17.6 Å². The Labute approximate surface area is 204 Å². The van der Waals surface area contributed by atoms with Crippen LogP contribution in [0.1, 0.15) is 49.5 Å². The van der Waals surface area contributed by atoms with Gasteiger partial charge in [0.2, 0.25) is 5.91 Å². The van der Waals surface area contributed by atoms with Crippen molar-refractivity contribution in [3.8, 4) is 0 Å². The van der Waals surface area contributed by atoms with Crippen LogP contribution in [0, 0.1) is 6.92 Å². The number of fused-ring (bicyclic) bond motifs is 1. The van der Waals surface area contributed by atoms with Crippen LogP contribution >= 0.6 is 11.3 Å². The summed E-state index contributed by atoms with van der Waals surface area (Å²) in [5, 5.41) is 0.589. The van der Waals surface area contributed by atoms with Crippen LogP contribution in [0.3, 0.4) is 0 Å². The van der Waals surface area contributed by atoms with Gasteiger partial charge in [-0.05, 0) is 55.2 Å². The zero-order valence-corrected chi connectivity index (χ0v) is 21.2. The van der Waals surface area contributed by atoms with Gasteiger partial charge < -0.3 is 4.42 Å². The predicted octanol–water partition coefficient (Wildman–Crippen LogP) is 6.11. The number of benzene rings is 2. The number of hydrogen-bond acceptors (Lipinski definition) is 6. The van der Waals surface area contributed by atoms with Crippen molar-refractivity contribution in [1.82, 2.24) is 4.98 Å². The molecule has 0 aliphatic heterocycles. The van der Waals surface area contributed by atoms with Gasteiger partial charge in [0.1, 0.15) is 5.76 Å². The maximum absolute atomic E-state index is 13.3. The van der Waals surface area contributed by atoms with E-state index in [2.05, 4.69) is 19.9 Å². The fourth-order valence-corrected chi connectivity index (χ4v) is 6.10. The minimum atomic E-state index is -3.45. The number of amides is 1. The molecule has 0 saturated carbocycles. The number of aryl methyl sites for hydroxylation is 1. The molecule has 8 heteroatoms. The Morgan fingerprint density at radius 3 is 2.53 bits per heavy atom. The second-order valence-corrected chi connectivity index (χ2v) is 11.8. The van der Waals surface area contributed by atoms with Crippen molar-refractivity contribution in [2.75, 3.05) is 10.7 Å². The monoisotopic (exact) mass is 496 g/mol. The van der Waals surface area contributed by atoms with Crippen molar-refractivity contribution in [1.29, 1.82) is 0 Å². The Morgan fingerprint density at radius 1 is 1.09 bits per heavy atom. The highest BCUT2D eigenvalue weighted by Gasteiger charge is 2.23. The lowest BCUT2D eigenvalue weighted by molar-refractivity contribution is -0.118. The smallest absolute Gasteiger partial charge is 0.229 e. The molecule has 0 aliphatic rings. The number of para-hydroxylation sites is 1. The minimum absolute atomic E-state index is 0.0895. The third-order valence-corrected chi connectivity index (χ3v) is 8.53. The predicted molar refractivity (Wildman–Crippen MR) is 136 cm³/mol. The van der Waals surface area contributed by atoms with Gasteiger partial charge >= 0.3 is 0 Å². The third kappa shape index (κ3) is 5.39. The first-order chi connectivity index (χ1) is 16.2. The van der Waals surface area contributed by atoms with E-state index in [-0.39, 0.29) is 35.9 Å². The molecule has 0 bridgehead atoms. The molecular weight excluding hydrogens is 468 g/mol. The van der Waals surface area contributed by atoms with Crippen LogP contribution in [0.2, 0.25) is 0 Å². The lowest BCUT2D eigenvalue weighted by atomic mass is 10.0. The van der Waals surface area contributed by atoms with Gasteiger partial charge in [0.15, 0.2) is 15.0 Å².